The fraction of sp³-hybridized carbons (Fsp3) is 0.471. The summed E-state index contributed by atoms with van der Waals surface area (Å²) in [7, 11) is 1.56. The molecule has 1 amide bonds. The van der Waals surface area contributed by atoms with Crippen molar-refractivity contribution in [3.8, 4) is 5.75 Å². The smallest absolute Gasteiger partial charge is 0.407 e. The van der Waals surface area contributed by atoms with Crippen LogP contribution in [0.1, 0.15) is 31.9 Å². The minimum absolute atomic E-state index is 0.132. The third kappa shape index (κ3) is 6.50. The molecule has 6 heteroatoms. The first kappa shape index (κ1) is 19.3. The topological polar surface area (TPSA) is 56.8 Å². The number of hydrogen-bond donors (Lipinski definition) is 1. The van der Waals surface area contributed by atoms with E-state index in [0.717, 1.165) is 11.1 Å². The number of alkyl carbamates (subject to hydrolysis) is 1. The largest absolute Gasteiger partial charge is 0.467 e. The molecule has 0 aliphatic rings. The zero-order valence-corrected chi connectivity index (χ0v) is 15.0. The molecule has 1 N–H and O–H groups in total. The van der Waals surface area contributed by atoms with Crippen molar-refractivity contribution in [1.29, 1.82) is 0 Å². The zero-order valence-electron chi connectivity index (χ0n) is 14.2. The Bertz CT molecular complexity index is 564. The third-order valence-corrected chi connectivity index (χ3v) is 3.10. The Kier molecular flexibility index (Phi) is 7.39. The van der Waals surface area contributed by atoms with Crippen LogP contribution in [0.4, 0.5) is 4.79 Å². The van der Waals surface area contributed by atoms with E-state index in [-0.39, 0.29) is 13.3 Å². The normalized spacial score (nSPS) is 12.0. The van der Waals surface area contributed by atoms with E-state index in [9.17, 15) is 4.79 Å². The summed E-state index contributed by atoms with van der Waals surface area (Å²) >= 11 is 5.94. The molecule has 5 nitrogen and oxygen atoms in total. The van der Waals surface area contributed by atoms with Crippen LogP contribution < -0.4 is 10.1 Å². The van der Waals surface area contributed by atoms with Crippen molar-refractivity contribution in [3.63, 3.8) is 0 Å². The minimum atomic E-state index is -0.551. The average Bonchev–Trinajstić information content (AvgIpc) is 2.45. The summed E-state index contributed by atoms with van der Waals surface area (Å²) in [6.45, 7) is 7.71. The van der Waals surface area contributed by atoms with E-state index in [1.54, 1.807) is 7.11 Å². The molecule has 1 rings (SSSR count). The second-order valence-corrected chi connectivity index (χ2v) is 6.21. The summed E-state index contributed by atoms with van der Waals surface area (Å²) in [5.74, 6) is 0.673. The van der Waals surface area contributed by atoms with E-state index in [1.165, 1.54) is 5.54 Å². The highest BCUT2D eigenvalue weighted by molar-refractivity contribution is 6.28. The predicted molar refractivity (Wildman–Crippen MR) is 91.7 cm³/mol. The SMILES string of the molecule is COCOc1c(C)cccc1/C(=C/Cl)CNC(=O)OC(C)(C)C. The molecule has 0 heterocycles. The van der Waals surface area contributed by atoms with Crippen molar-refractivity contribution < 1.29 is 19.0 Å². The number of carbonyl (C=O) groups excluding carboxylic acids is 1. The Labute approximate surface area is 142 Å². The van der Waals surface area contributed by atoms with Gasteiger partial charge in [0.1, 0.15) is 11.4 Å². The van der Waals surface area contributed by atoms with Gasteiger partial charge in [0, 0.05) is 24.8 Å². The fourth-order valence-corrected chi connectivity index (χ4v) is 2.08. The number of hydrogen-bond acceptors (Lipinski definition) is 4. The van der Waals surface area contributed by atoms with Crippen molar-refractivity contribution in [3.05, 3.63) is 34.9 Å². The van der Waals surface area contributed by atoms with Crippen LogP contribution >= 0.6 is 11.6 Å². The number of para-hydroxylation sites is 1. The van der Waals surface area contributed by atoms with Gasteiger partial charge in [0.2, 0.25) is 0 Å². The van der Waals surface area contributed by atoms with E-state index in [1.807, 2.05) is 45.9 Å². The number of aryl methyl sites for hydroxylation is 1. The van der Waals surface area contributed by atoms with Crippen LogP contribution in [0, 0.1) is 6.92 Å². The average molecular weight is 342 g/mol. The molecule has 1 aromatic carbocycles. The van der Waals surface area contributed by atoms with Gasteiger partial charge in [0.25, 0.3) is 0 Å². The minimum Gasteiger partial charge on any atom is -0.467 e. The highest BCUT2D eigenvalue weighted by atomic mass is 35.5. The van der Waals surface area contributed by atoms with Crippen molar-refractivity contribution in [1.82, 2.24) is 5.32 Å². The van der Waals surface area contributed by atoms with Crippen LogP contribution in [-0.2, 0) is 9.47 Å². The van der Waals surface area contributed by atoms with Crippen molar-refractivity contribution in [2.75, 3.05) is 20.4 Å². The monoisotopic (exact) mass is 341 g/mol. The first-order valence-corrected chi connectivity index (χ1v) is 7.70. The predicted octanol–water partition coefficient (Wildman–Crippen LogP) is 4.08. The number of halogens is 1. The number of ether oxygens (including phenoxy) is 3. The van der Waals surface area contributed by atoms with Gasteiger partial charge in [-0.2, -0.15) is 0 Å². The number of benzene rings is 1. The van der Waals surface area contributed by atoms with Gasteiger partial charge < -0.3 is 19.5 Å². The highest BCUT2D eigenvalue weighted by Crippen LogP contribution is 2.30. The molecule has 0 saturated carbocycles. The maximum atomic E-state index is 11.8. The maximum Gasteiger partial charge on any atom is 0.407 e. The van der Waals surface area contributed by atoms with E-state index in [0.29, 0.717) is 11.3 Å². The maximum absolute atomic E-state index is 11.8. The van der Waals surface area contributed by atoms with E-state index >= 15 is 0 Å². The molecular weight excluding hydrogens is 318 g/mol. The Balaban J connectivity index is 2.86. The summed E-state index contributed by atoms with van der Waals surface area (Å²) in [5, 5.41) is 2.69. The number of amides is 1. The molecule has 128 valence electrons. The van der Waals surface area contributed by atoms with Crippen LogP contribution in [0.2, 0.25) is 0 Å². The van der Waals surface area contributed by atoms with Crippen LogP contribution in [0.25, 0.3) is 5.57 Å². The molecule has 23 heavy (non-hydrogen) atoms. The van der Waals surface area contributed by atoms with Gasteiger partial charge in [0.05, 0.1) is 0 Å². The fourth-order valence-electron chi connectivity index (χ4n) is 1.89. The number of carbonyl (C=O) groups is 1. The number of methoxy groups -OCH3 is 1. The molecule has 0 aliphatic heterocycles. The molecule has 1 aromatic rings. The van der Waals surface area contributed by atoms with Gasteiger partial charge in [0.15, 0.2) is 6.79 Å². The molecule has 0 radical (unpaired) electrons. The van der Waals surface area contributed by atoms with Crippen molar-refractivity contribution in [2.24, 2.45) is 0 Å². The van der Waals surface area contributed by atoms with Gasteiger partial charge >= 0.3 is 6.09 Å². The van der Waals surface area contributed by atoms with E-state index < -0.39 is 11.7 Å². The lowest BCUT2D eigenvalue weighted by molar-refractivity contribution is 0.0501. The van der Waals surface area contributed by atoms with Gasteiger partial charge in [-0.05, 0) is 38.8 Å². The summed E-state index contributed by atoms with van der Waals surface area (Å²) < 4.78 is 15.8. The number of nitrogens with one attached hydrogen (secondary N) is 1. The third-order valence-electron chi connectivity index (χ3n) is 2.83. The molecule has 0 unspecified atom stereocenters. The molecule has 0 aromatic heterocycles. The first-order chi connectivity index (χ1) is 10.8. The zero-order chi connectivity index (χ0) is 17.5. The number of rotatable bonds is 6. The van der Waals surface area contributed by atoms with Crippen LogP contribution in [0.15, 0.2) is 23.7 Å². The summed E-state index contributed by atoms with van der Waals surface area (Å²) in [4.78, 5) is 11.8. The van der Waals surface area contributed by atoms with Crippen LogP contribution in [0.3, 0.4) is 0 Å². The standard InChI is InChI=1S/C17H24ClNO4/c1-12-7-6-8-14(15(12)22-11-21-5)13(9-18)10-19-16(20)23-17(2,3)4/h6-9H,10-11H2,1-5H3,(H,19,20)/b13-9+. The van der Waals surface area contributed by atoms with Gasteiger partial charge in [-0.1, -0.05) is 29.8 Å². The second kappa shape index (κ2) is 8.79. The Morgan fingerprint density at radius 2 is 2.04 bits per heavy atom. The summed E-state index contributed by atoms with van der Waals surface area (Å²) in [6.07, 6.45) is -0.500. The van der Waals surface area contributed by atoms with E-state index in [2.05, 4.69) is 5.32 Å². The van der Waals surface area contributed by atoms with Crippen molar-refractivity contribution >= 4 is 23.3 Å². The molecule has 0 spiro atoms. The molecule has 0 fully saturated rings. The van der Waals surface area contributed by atoms with Crippen LogP contribution in [0.5, 0.6) is 5.75 Å². The van der Waals surface area contributed by atoms with E-state index in [4.69, 9.17) is 25.8 Å². The quantitative estimate of drug-likeness (QED) is 0.792. The van der Waals surface area contributed by atoms with Crippen molar-refractivity contribution in [2.45, 2.75) is 33.3 Å². The summed E-state index contributed by atoms with van der Waals surface area (Å²) in [6, 6.07) is 5.71. The second-order valence-electron chi connectivity index (χ2n) is 5.99. The lowest BCUT2D eigenvalue weighted by Crippen LogP contribution is -2.33. The molecular formula is C17H24ClNO4. The van der Waals surface area contributed by atoms with Gasteiger partial charge in [-0.15, -0.1) is 0 Å². The molecule has 0 saturated heterocycles. The Morgan fingerprint density at radius 1 is 1.35 bits per heavy atom. The molecule has 0 bridgehead atoms. The first-order valence-electron chi connectivity index (χ1n) is 7.26. The lowest BCUT2D eigenvalue weighted by atomic mass is 10.0. The summed E-state index contributed by atoms with van der Waals surface area (Å²) in [5.41, 5.74) is 3.34. The molecule has 0 aliphatic carbocycles. The van der Waals surface area contributed by atoms with Gasteiger partial charge in [-0.3, -0.25) is 0 Å². The molecule has 0 atom stereocenters. The Morgan fingerprint density at radius 3 is 2.61 bits per heavy atom. The van der Waals surface area contributed by atoms with Crippen LogP contribution in [-0.4, -0.2) is 32.1 Å². The lowest BCUT2D eigenvalue weighted by Gasteiger charge is -2.20. The van der Waals surface area contributed by atoms with Gasteiger partial charge in [-0.25, -0.2) is 4.79 Å². The Hall–Kier alpha value is -1.72. The highest BCUT2D eigenvalue weighted by Gasteiger charge is 2.17.